The van der Waals surface area contributed by atoms with Gasteiger partial charge in [-0.25, -0.2) is 0 Å². The Morgan fingerprint density at radius 1 is 1.16 bits per heavy atom. The molecule has 3 nitrogen and oxygen atoms in total. The molecule has 0 heterocycles. The highest BCUT2D eigenvalue weighted by Crippen LogP contribution is 2.32. The molecule has 2 aromatic carbocycles. The van der Waals surface area contributed by atoms with Crippen LogP contribution in [0.1, 0.15) is 15.9 Å². The summed E-state index contributed by atoms with van der Waals surface area (Å²) in [4.78, 5) is 12.1. The van der Waals surface area contributed by atoms with Gasteiger partial charge < -0.3 is 11.1 Å². The van der Waals surface area contributed by atoms with Gasteiger partial charge in [-0.2, -0.15) is 0 Å². The van der Waals surface area contributed by atoms with Crippen LogP contribution in [0, 0.1) is 6.92 Å². The zero-order valence-corrected chi connectivity index (χ0v) is 13.4. The highest BCUT2D eigenvalue weighted by atomic mass is 79.9. The molecule has 0 spiro atoms. The topological polar surface area (TPSA) is 55.1 Å². The third-order valence-electron chi connectivity index (χ3n) is 2.57. The first-order valence-electron chi connectivity index (χ1n) is 5.60. The second-order valence-corrected chi connectivity index (χ2v) is 5.89. The van der Waals surface area contributed by atoms with Crippen LogP contribution in [0.5, 0.6) is 0 Å². The maximum absolute atomic E-state index is 12.1. The first-order valence-corrected chi connectivity index (χ1v) is 7.18. The van der Waals surface area contributed by atoms with E-state index in [9.17, 15) is 4.79 Å². The molecule has 3 N–H and O–H groups in total. The molecule has 2 aromatic rings. The number of nitrogen functional groups attached to an aromatic ring is 1. The van der Waals surface area contributed by atoms with E-state index in [0.29, 0.717) is 16.9 Å². The standard InChI is InChI=1S/C14H12Br2N2O/c1-8-5-11(15)13(12(16)6-8)18-14(19)9-3-2-4-10(17)7-9/h2-7H,17H2,1H3,(H,18,19). The van der Waals surface area contributed by atoms with E-state index in [0.717, 1.165) is 14.5 Å². The highest BCUT2D eigenvalue weighted by Gasteiger charge is 2.11. The lowest BCUT2D eigenvalue weighted by Crippen LogP contribution is -2.13. The van der Waals surface area contributed by atoms with Crippen molar-refractivity contribution in [3.63, 3.8) is 0 Å². The average molecular weight is 384 g/mol. The molecule has 5 heteroatoms. The monoisotopic (exact) mass is 382 g/mol. The predicted molar refractivity (Wildman–Crippen MR) is 85.4 cm³/mol. The molecule has 0 aliphatic rings. The summed E-state index contributed by atoms with van der Waals surface area (Å²) in [5.41, 5.74) is 8.57. The van der Waals surface area contributed by atoms with E-state index < -0.39 is 0 Å². The summed E-state index contributed by atoms with van der Waals surface area (Å²) in [5, 5.41) is 2.86. The van der Waals surface area contributed by atoms with Gasteiger partial charge in [-0.3, -0.25) is 4.79 Å². The largest absolute Gasteiger partial charge is 0.399 e. The minimum absolute atomic E-state index is 0.197. The molecule has 0 aliphatic carbocycles. The number of hydrogen-bond acceptors (Lipinski definition) is 2. The number of halogens is 2. The van der Waals surface area contributed by atoms with Crippen LogP contribution in [0.15, 0.2) is 45.3 Å². The average Bonchev–Trinajstić information content (AvgIpc) is 2.33. The molecule has 98 valence electrons. The lowest BCUT2D eigenvalue weighted by atomic mass is 10.1. The predicted octanol–water partition coefficient (Wildman–Crippen LogP) is 4.35. The van der Waals surface area contributed by atoms with Crippen LogP contribution in [0.4, 0.5) is 11.4 Å². The minimum Gasteiger partial charge on any atom is -0.399 e. The summed E-state index contributed by atoms with van der Waals surface area (Å²) in [5.74, 6) is -0.197. The van der Waals surface area contributed by atoms with E-state index in [2.05, 4.69) is 37.2 Å². The molecular formula is C14H12Br2N2O. The van der Waals surface area contributed by atoms with Gasteiger partial charge in [0.15, 0.2) is 0 Å². The number of carbonyl (C=O) groups excluding carboxylic acids is 1. The normalized spacial score (nSPS) is 10.3. The Hall–Kier alpha value is -1.33. The van der Waals surface area contributed by atoms with Gasteiger partial charge in [0.25, 0.3) is 5.91 Å². The maximum atomic E-state index is 12.1. The summed E-state index contributed by atoms with van der Waals surface area (Å²) >= 11 is 6.89. The molecule has 0 fully saturated rings. The van der Waals surface area contributed by atoms with Crippen molar-refractivity contribution in [1.29, 1.82) is 0 Å². The van der Waals surface area contributed by atoms with Crippen LogP contribution in [0.25, 0.3) is 0 Å². The molecule has 0 saturated carbocycles. The minimum atomic E-state index is -0.197. The Labute approximate surface area is 128 Å². The van der Waals surface area contributed by atoms with E-state index in [4.69, 9.17) is 5.73 Å². The summed E-state index contributed by atoms with van der Waals surface area (Å²) < 4.78 is 1.66. The van der Waals surface area contributed by atoms with Crippen LogP contribution in [-0.4, -0.2) is 5.91 Å². The first-order chi connectivity index (χ1) is 8.97. The molecule has 0 bridgehead atoms. The lowest BCUT2D eigenvalue weighted by molar-refractivity contribution is 0.102. The molecule has 19 heavy (non-hydrogen) atoms. The van der Waals surface area contributed by atoms with Crippen molar-refractivity contribution in [3.05, 3.63) is 56.5 Å². The van der Waals surface area contributed by atoms with E-state index in [1.807, 2.05) is 19.1 Å². The molecular weight excluding hydrogens is 372 g/mol. The fourth-order valence-electron chi connectivity index (χ4n) is 1.68. The van der Waals surface area contributed by atoms with Crippen molar-refractivity contribution < 1.29 is 4.79 Å². The summed E-state index contributed by atoms with van der Waals surface area (Å²) in [6.07, 6.45) is 0. The third-order valence-corrected chi connectivity index (χ3v) is 3.82. The van der Waals surface area contributed by atoms with Gasteiger partial charge in [0, 0.05) is 20.2 Å². The Kier molecular flexibility index (Phi) is 4.27. The molecule has 0 unspecified atom stereocenters. The molecule has 0 radical (unpaired) electrons. The molecule has 0 aliphatic heterocycles. The van der Waals surface area contributed by atoms with Gasteiger partial charge in [0.05, 0.1) is 5.69 Å². The summed E-state index contributed by atoms with van der Waals surface area (Å²) in [7, 11) is 0. The van der Waals surface area contributed by atoms with Gasteiger partial charge in [-0.15, -0.1) is 0 Å². The second-order valence-electron chi connectivity index (χ2n) is 4.18. The number of hydrogen-bond donors (Lipinski definition) is 2. The van der Waals surface area contributed by atoms with Crippen molar-refractivity contribution in [2.75, 3.05) is 11.1 Å². The SMILES string of the molecule is Cc1cc(Br)c(NC(=O)c2cccc(N)c2)c(Br)c1. The van der Waals surface area contributed by atoms with Crippen LogP contribution >= 0.6 is 31.9 Å². The molecule has 1 amide bonds. The molecule has 0 saturated heterocycles. The zero-order chi connectivity index (χ0) is 14.0. The third kappa shape index (κ3) is 3.36. The quantitative estimate of drug-likeness (QED) is 0.757. The fraction of sp³-hybridized carbons (Fsp3) is 0.0714. The summed E-state index contributed by atoms with van der Waals surface area (Å²) in [6.45, 7) is 1.99. The van der Waals surface area contributed by atoms with Crippen molar-refractivity contribution in [2.24, 2.45) is 0 Å². The van der Waals surface area contributed by atoms with Gasteiger partial charge in [-0.1, -0.05) is 6.07 Å². The summed E-state index contributed by atoms with van der Waals surface area (Å²) in [6, 6.07) is 10.8. The Bertz CT molecular complexity index is 618. The number of rotatable bonds is 2. The highest BCUT2D eigenvalue weighted by molar-refractivity contribution is 9.11. The number of nitrogens with one attached hydrogen (secondary N) is 1. The van der Waals surface area contributed by atoms with Crippen LogP contribution in [0.3, 0.4) is 0 Å². The number of aryl methyl sites for hydroxylation is 1. The molecule has 2 rings (SSSR count). The Morgan fingerprint density at radius 2 is 1.79 bits per heavy atom. The number of amides is 1. The van der Waals surface area contributed by atoms with Crippen molar-refractivity contribution in [2.45, 2.75) is 6.92 Å². The van der Waals surface area contributed by atoms with E-state index in [1.165, 1.54) is 0 Å². The number of benzene rings is 2. The maximum Gasteiger partial charge on any atom is 0.255 e. The van der Waals surface area contributed by atoms with E-state index >= 15 is 0 Å². The van der Waals surface area contributed by atoms with Crippen molar-refractivity contribution in [1.82, 2.24) is 0 Å². The molecule has 0 atom stereocenters. The number of carbonyl (C=O) groups is 1. The van der Waals surface area contributed by atoms with Gasteiger partial charge in [-0.05, 0) is 74.7 Å². The van der Waals surface area contributed by atoms with Gasteiger partial charge in [0.2, 0.25) is 0 Å². The molecule has 0 aromatic heterocycles. The van der Waals surface area contributed by atoms with Gasteiger partial charge >= 0.3 is 0 Å². The van der Waals surface area contributed by atoms with Crippen molar-refractivity contribution in [3.8, 4) is 0 Å². The Morgan fingerprint density at radius 3 is 2.37 bits per heavy atom. The second kappa shape index (κ2) is 5.75. The van der Waals surface area contributed by atoms with E-state index in [-0.39, 0.29) is 5.91 Å². The lowest BCUT2D eigenvalue weighted by Gasteiger charge is -2.11. The smallest absolute Gasteiger partial charge is 0.255 e. The van der Waals surface area contributed by atoms with Crippen molar-refractivity contribution >= 4 is 49.1 Å². The van der Waals surface area contributed by atoms with Gasteiger partial charge in [0.1, 0.15) is 0 Å². The number of nitrogens with two attached hydrogens (primary N) is 1. The van der Waals surface area contributed by atoms with Crippen LogP contribution < -0.4 is 11.1 Å². The Balaban J connectivity index is 2.29. The zero-order valence-electron chi connectivity index (χ0n) is 10.2. The van der Waals surface area contributed by atoms with Crippen LogP contribution in [-0.2, 0) is 0 Å². The van der Waals surface area contributed by atoms with E-state index in [1.54, 1.807) is 24.3 Å². The first kappa shape index (κ1) is 14.1. The van der Waals surface area contributed by atoms with Crippen LogP contribution in [0.2, 0.25) is 0 Å². The number of anilines is 2. The fourth-order valence-corrected chi connectivity index (χ4v) is 3.30.